The van der Waals surface area contributed by atoms with Crippen LogP contribution in [0.15, 0.2) is 0 Å². The van der Waals surface area contributed by atoms with Gasteiger partial charge in [0, 0.05) is 6.61 Å². The third-order valence-electron chi connectivity index (χ3n) is 7.35. The van der Waals surface area contributed by atoms with Crippen LogP contribution in [0.3, 0.4) is 0 Å². The van der Waals surface area contributed by atoms with E-state index in [0.29, 0.717) is 12.8 Å². The molecule has 0 aromatic rings. The largest absolute Gasteiger partial charge is 0.479 e. The van der Waals surface area contributed by atoms with Crippen LogP contribution in [0.1, 0.15) is 130 Å². The maximum Gasteiger partial charge on any atom is 0.368 e. The Morgan fingerprint density at radius 1 is 0.917 bits per heavy atom. The third kappa shape index (κ3) is 15.4. The van der Waals surface area contributed by atoms with Gasteiger partial charge in [0.1, 0.15) is 0 Å². The molecule has 36 heavy (non-hydrogen) atoms. The van der Waals surface area contributed by atoms with Gasteiger partial charge in [-0.05, 0) is 55.9 Å². The van der Waals surface area contributed by atoms with Gasteiger partial charge in [-0.25, -0.2) is 4.79 Å². The standard InChI is InChI=1S/C28H55O6PS/c1-4-6-17-26(25-18-13-11-14-19-25)20-23-36-22-15-10-8-7-9-12-16-24(3)34-35(31,32)28(27(29)30)33-21-5-2/h24-26,28H,4-23H2,1-3H3,(H,29,30)(H,31,32). The molecule has 2 N–H and O–H groups in total. The molecule has 0 radical (unpaired) electrons. The average Bonchev–Trinajstić information content (AvgIpc) is 2.84. The number of aliphatic carboxylic acids is 1. The van der Waals surface area contributed by atoms with Crippen molar-refractivity contribution in [3.8, 4) is 0 Å². The first-order chi connectivity index (χ1) is 17.3. The lowest BCUT2D eigenvalue weighted by Crippen LogP contribution is -2.27. The Morgan fingerprint density at radius 2 is 1.58 bits per heavy atom. The molecule has 4 unspecified atom stereocenters. The van der Waals surface area contributed by atoms with Crippen LogP contribution in [0.4, 0.5) is 0 Å². The van der Waals surface area contributed by atoms with Gasteiger partial charge < -0.3 is 19.3 Å². The highest BCUT2D eigenvalue weighted by Gasteiger charge is 2.41. The SMILES string of the molecule is CCCCC(CCSCCCCCCCCC(C)OP(=O)(O)C(OCCC)C(=O)O)C1CCCCC1. The summed E-state index contributed by atoms with van der Waals surface area (Å²) in [5, 5.41) is 9.18. The molecule has 0 bridgehead atoms. The van der Waals surface area contributed by atoms with Gasteiger partial charge in [-0.3, -0.25) is 4.57 Å². The molecule has 0 aromatic heterocycles. The highest BCUT2D eigenvalue weighted by molar-refractivity contribution is 7.99. The summed E-state index contributed by atoms with van der Waals surface area (Å²) in [6, 6.07) is 0. The van der Waals surface area contributed by atoms with Crippen molar-refractivity contribution in [2.45, 2.75) is 142 Å². The van der Waals surface area contributed by atoms with Gasteiger partial charge >= 0.3 is 13.6 Å². The summed E-state index contributed by atoms with van der Waals surface area (Å²) < 4.78 is 22.6. The molecule has 4 atom stereocenters. The molecule has 6 nitrogen and oxygen atoms in total. The first kappa shape index (κ1) is 34.0. The molecule has 0 spiro atoms. The number of hydrogen-bond acceptors (Lipinski definition) is 5. The molecule has 0 aliphatic heterocycles. The Kier molecular flexibility index (Phi) is 19.7. The Morgan fingerprint density at radius 3 is 2.22 bits per heavy atom. The van der Waals surface area contributed by atoms with Crippen molar-refractivity contribution < 1.29 is 28.6 Å². The molecule has 0 heterocycles. The van der Waals surface area contributed by atoms with E-state index in [1.54, 1.807) is 6.92 Å². The maximum absolute atomic E-state index is 12.3. The van der Waals surface area contributed by atoms with Gasteiger partial charge in [-0.1, -0.05) is 97.3 Å². The molecular weight excluding hydrogens is 495 g/mol. The quantitative estimate of drug-likeness (QED) is 0.0971. The van der Waals surface area contributed by atoms with Gasteiger partial charge in [0.05, 0.1) is 6.10 Å². The summed E-state index contributed by atoms with van der Waals surface area (Å²) in [6.45, 7) is 5.96. The van der Waals surface area contributed by atoms with E-state index < -0.39 is 25.5 Å². The predicted molar refractivity (Wildman–Crippen MR) is 152 cm³/mol. The molecule has 214 valence electrons. The van der Waals surface area contributed by atoms with E-state index in [2.05, 4.69) is 18.7 Å². The topological polar surface area (TPSA) is 93.1 Å². The van der Waals surface area contributed by atoms with Gasteiger partial charge in [0.2, 0.25) is 0 Å². The fourth-order valence-electron chi connectivity index (χ4n) is 5.27. The minimum atomic E-state index is -4.37. The summed E-state index contributed by atoms with van der Waals surface area (Å²) in [5.41, 5.74) is 0. The fraction of sp³-hybridized carbons (Fsp3) is 0.964. The predicted octanol–water partition coefficient (Wildman–Crippen LogP) is 8.65. The zero-order chi connectivity index (χ0) is 26.7. The number of thioether (sulfide) groups is 1. The van der Waals surface area contributed by atoms with E-state index >= 15 is 0 Å². The van der Waals surface area contributed by atoms with Gasteiger partial charge in [-0.15, -0.1) is 0 Å². The fourth-order valence-corrected chi connectivity index (χ4v) is 7.65. The van der Waals surface area contributed by atoms with Crippen molar-refractivity contribution in [3.63, 3.8) is 0 Å². The number of hydrogen-bond donors (Lipinski definition) is 2. The van der Waals surface area contributed by atoms with Crippen LogP contribution in [0.25, 0.3) is 0 Å². The average molecular weight is 551 g/mol. The van der Waals surface area contributed by atoms with Crippen molar-refractivity contribution in [3.05, 3.63) is 0 Å². The Balaban J connectivity index is 2.07. The zero-order valence-electron chi connectivity index (χ0n) is 23.3. The smallest absolute Gasteiger partial charge is 0.368 e. The highest BCUT2D eigenvalue weighted by Crippen LogP contribution is 2.49. The first-order valence-corrected chi connectivity index (χ1v) is 17.5. The maximum atomic E-state index is 12.3. The molecule has 1 saturated carbocycles. The minimum Gasteiger partial charge on any atom is -0.479 e. The van der Waals surface area contributed by atoms with E-state index in [-0.39, 0.29) is 6.61 Å². The van der Waals surface area contributed by atoms with Crippen molar-refractivity contribution in [1.29, 1.82) is 0 Å². The van der Waals surface area contributed by atoms with Gasteiger partial charge in [0.25, 0.3) is 5.85 Å². The Bertz CT molecular complexity index is 599. The van der Waals surface area contributed by atoms with Crippen molar-refractivity contribution in [1.82, 2.24) is 0 Å². The van der Waals surface area contributed by atoms with Crippen molar-refractivity contribution in [2.24, 2.45) is 11.8 Å². The van der Waals surface area contributed by atoms with Crippen LogP contribution < -0.4 is 0 Å². The van der Waals surface area contributed by atoms with Crippen molar-refractivity contribution in [2.75, 3.05) is 18.1 Å². The second kappa shape index (κ2) is 20.8. The van der Waals surface area contributed by atoms with E-state index in [0.717, 1.165) is 31.1 Å². The molecule has 1 aliphatic carbocycles. The molecule has 0 saturated heterocycles. The second-order valence-electron chi connectivity index (χ2n) is 10.7. The number of unbranched alkanes of at least 4 members (excludes halogenated alkanes) is 6. The Hall–Kier alpha value is -0.0700. The lowest BCUT2D eigenvalue weighted by molar-refractivity contribution is -0.146. The first-order valence-electron chi connectivity index (χ1n) is 14.7. The number of carbonyl (C=O) groups is 1. The highest BCUT2D eigenvalue weighted by atomic mass is 32.2. The van der Waals surface area contributed by atoms with E-state index in [9.17, 15) is 19.4 Å². The van der Waals surface area contributed by atoms with Gasteiger partial charge in [0.15, 0.2) is 0 Å². The number of carboxylic acid groups (broad SMARTS) is 1. The lowest BCUT2D eigenvalue weighted by Gasteiger charge is -2.30. The lowest BCUT2D eigenvalue weighted by atomic mass is 9.77. The number of ether oxygens (including phenoxy) is 1. The Labute approximate surface area is 225 Å². The van der Waals surface area contributed by atoms with Crippen LogP contribution in [-0.2, 0) is 18.6 Å². The summed E-state index contributed by atoms with van der Waals surface area (Å²) in [4.78, 5) is 21.3. The van der Waals surface area contributed by atoms with Gasteiger partial charge in [-0.2, -0.15) is 11.8 Å². The van der Waals surface area contributed by atoms with Crippen LogP contribution in [0.5, 0.6) is 0 Å². The third-order valence-corrected chi connectivity index (χ3v) is 10.1. The van der Waals surface area contributed by atoms with Crippen molar-refractivity contribution >= 4 is 25.3 Å². The monoisotopic (exact) mass is 550 g/mol. The zero-order valence-corrected chi connectivity index (χ0v) is 25.0. The number of rotatable bonds is 23. The summed E-state index contributed by atoms with van der Waals surface area (Å²) in [7, 11) is -4.37. The molecule has 1 rings (SSSR count). The second-order valence-corrected chi connectivity index (χ2v) is 13.7. The summed E-state index contributed by atoms with van der Waals surface area (Å²) in [6.07, 6.45) is 20.5. The van der Waals surface area contributed by atoms with Crippen LogP contribution in [0.2, 0.25) is 0 Å². The molecule has 1 aliphatic rings. The van der Waals surface area contributed by atoms with Crippen LogP contribution >= 0.6 is 19.4 Å². The summed E-state index contributed by atoms with van der Waals surface area (Å²) in [5.74, 6) is 1.28. The molecule has 0 amide bonds. The van der Waals surface area contributed by atoms with Crippen LogP contribution in [0, 0.1) is 11.8 Å². The molecule has 8 heteroatoms. The van der Waals surface area contributed by atoms with Crippen LogP contribution in [-0.4, -0.2) is 46.0 Å². The van der Waals surface area contributed by atoms with E-state index in [1.165, 1.54) is 88.6 Å². The molecule has 1 fully saturated rings. The number of carboxylic acids is 1. The summed E-state index contributed by atoms with van der Waals surface area (Å²) >= 11 is 2.15. The van der Waals surface area contributed by atoms with E-state index in [4.69, 9.17) is 9.26 Å². The normalized spacial score (nSPS) is 19.0. The minimum absolute atomic E-state index is 0.109. The molecular formula is C28H55O6PS. The van der Waals surface area contributed by atoms with E-state index in [1.807, 2.05) is 6.92 Å². The molecule has 0 aromatic carbocycles.